The van der Waals surface area contributed by atoms with Gasteiger partial charge in [-0.2, -0.15) is 0 Å². The van der Waals surface area contributed by atoms with E-state index in [2.05, 4.69) is 35.5 Å². The highest BCUT2D eigenvalue weighted by molar-refractivity contribution is 9.10. The molecule has 1 saturated heterocycles. The maximum Gasteiger partial charge on any atom is 0.147 e. The Morgan fingerprint density at radius 1 is 1.31 bits per heavy atom. The number of carbonyl (C=O) groups excluding carboxylic acids is 1. The van der Waals surface area contributed by atoms with Crippen LogP contribution in [0, 0.1) is 11.3 Å². The van der Waals surface area contributed by atoms with E-state index in [4.69, 9.17) is 0 Å². The second-order valence-corrected chi connectivity index (χ2v) is 11.3. The van der Waals surface area contributed by atoms with E-state index < -0.39 is 11.4 Å². The van der Waals surface area contributed by atoms with Crippen LogP contribution in [-0.2, 0) is 16.2 Å². The molecule has 2 heterocycles. The number of hydrogen-bond donors (Lipinski definition) is 1. The number of aromatic nitrogens is 2. The molecular weight excluding hydrogens is 416 g/mol. The number of halogens is 1. The molecule has 1 aromatic heterocycles. The third-order valence-electron chi connectivity index (χ3n) is 5.67. The Morgan fingerprint density at radius 2 is 1.96 bits per heavy atom. The number of ketones is 1. The molecule has 1 N–H and O–H groups in total. The molecule has 26 heavy (non-hydrogen) atoms. The van der Waals surface area contributed by atoms with Crippen LogP contribution in [0.1, 0.15) is 47.0 Å². The van der Waals surface area contributed by atoms with Crippen molar-refractivity contribution < 1.29 is 9.35 Å². The summed E-state index contributed by atoms with van der Waals surface area (Å²) >= 11 is 2.13. The number of carbonyl (C=O) groups is 1. The van der Waals surface area contributed by atoms with Gasteiger partial charge >= 0.3 is 0 Å². The average molecular weight is 443 g/mol. The van der Waals surface area contributed by atoms with E-state index in [9.17, 15) is 9.35 Å². The monoisotopic (exact) mass is 442 g/mol. The molecule has 1 aromatic rings. The normalized spacial score (nSPS) is 27.2. The van der Waals surface area contributed by atoms with Crippen LogP contribution in [0.2, 0.25) is 0 Å². The van der Waals surface area contributed by atoms with E-state index in [0.717, 1.165) is 36.4 Å². The zero-order chi connectivity index (χ0) is 19.1. The van der Waals surface area contributed by atoms with E-state index in [-0.39, 0.29) is 27.9 Å². The van der Waals surface area contributed by atoms with Gasteiger partial charge in [-0.1, -0.05) is 6.92 Å². The molecule has 8 heteroatoms. The third kappa shape index (κ3) is 3.93. The average Bonchev–Trinajstić information content (AvgIpc) is 2.80. The zero-order valence-corrected chi connectivity index (χ0v) is 18.2. The molecule has 1 spiro atoms. The van der Waals surface area contributed by atoms with Gasteiger partial charge in [-0.15, -0.1) is 4.72 Å². The minimum absolute atomic E-state index is 0.0341. The minimum Gasteiger partial charge on any atom is -0.598 e. The first kappa shape index (κ1) is 20.0. The second-order valence-electron chi connectivity index (χ2n) is 8.46. The largest absolute Gasteiger partial charge is 0.598 e. The van der Waals surface area contributed by atoms with Gasteiger partial charge in [0.15, 0.2) is 0 Å². The Hall–Kier alpha value is -0.700. The van der Waals surface area contributed by atoms with Crippen molar-refractivity contribution in [2.75, 3.05) is 18.0 Å². The summed E-state index contributed by atoms with van der Waals surface area (Å²) in [6.45, 7) is 9.51. The third-order valence-corrected chi connectivity index (χ3v) is 7.66. The van der Waals surface area contributed by atoms with Crippen LogP contribution in [0.4, 0.5) is 5.82 Å². The summed E-state index contributed by atoms with van der Waals surface area (Å²) in [6, 6.07) is -0.0341. The summed E-state index contributed by atoms with van der Waals surface area (Å²) < 4.78 is 16.4. The highest BCUT2D eigenvalue weighted by atomic mass is 79.9. The summed E-state index contributed by atoms with van der Waals surface area (Å²) in [4.78, 5) is 23.4. The maximum atomic E-state index is 12.7. The van der Waals surface area contributed by atoms with Gasteiger partial charge in [0.2, 0.25) is 0 Å². The Morgan fingerprint density at radius 3 is 2.50 bits per heavy atom. The van der Waals surface area contributed by atoms with Gasteiger partial charge in [-0.05, 0) is 49.5 Å². The molecule has 1 aliphatic heterocycles. The molecule has 1 unspecified atom stereocenters. The van der Waals surface area contributed by atoms with Gasteiger partial charge in [0.25, 0.3) is 0 Å². The van der Waals surface area contributed by atoms with E-state index in [0.29, 0.717) is 6.42 Å². The van der Waals surface area contributed by atoms with Crippen LogP contribution >= 0.6 is 15.9 Å². The van der Waals surface area contributed by atoms with Crippen molar-refractivity contribution in [3.8, 4) is 0 Å². The van der Waals surface area contributed by atoms with E-state index in [1.54, 1.807) is 12.4 Å². The van der Waals surface area contributed by atoms with Crippen molar-refractivity contribution in [3.05, 3.63) is 17.0 Å². The summed E-state index contributed by atoms with van der Waals surface area (Å²) in [5.74, 6) is 1.05. The number of nitrogens with one attached hydrogen (secondary N) is 1. The molecule has 2 fully saturated rings. The van der Waals surface area contributed by atoms with E-state index in [1.165, 1.54) is 0 Å². The smallest absolute Gasteiger partial charge is 0.147 e. The van der Waals surface area contributed by atoms with Crippen molar-refractivity contribution >= 4 is 38.9 Å². The van der Waals surface area contributed by atoms with Gasteiger partial charge in [0, 0.05) is 42.2 Å². The number of rotatable bonds is 3. The molecule has 0 radical (unpaired) electrons. The Kier molecular flexibility index (Phi) is 5.68. The lowest BCUT2D eigenvalue weighted by Crippen LogP contribution is -2.55. The lowest BCUT2D eigenvalue weighted by Gasteiger charge is -2.44. The van der Waals surface area contributed by atoms with Gasteiger partial charge in [0.05, 0.1) is 18.4 Å². The van der Waals surface area contributed by atoms with Crippen molar-refractivity contribution in [3.63, 3.8) is 0 Å². The van der Waals surface area contributed by atoms with E-state index >= 15 is 0 Å². The van der Waals surface area contributed by atoms with Gasteiger partial charge in [0.1, 0.15) is 21.0 Å². The van der Waals surface area contributed by atoms with Crippen LogP contribution in [0.15, 0.2) is 17.0 Å². The van der Waals surface area contributed by atoms with Gasteiger partial charge in [-0.3, -0.25) is 4.79 Å². The lowest BCUT2D eigenvalue weighted by molar-refractivity contribution is -0.120. The topological polar surface area (TPSA) is 81.2 Å². The van der Waals surface area contributed by atoms with Crippen LogP contribution in [0.25, 0.3) is 0 Å². The van der Waals surface area contributed by atoms with Crippen LogP contribution in [0.5, 0.6) is 0 Å². The Balaban J connectivity index is 1.74. The van der Waals surface area contributed by atoms with Crippen LogP contribution in [0.3, 0.4) is 0 Å². The molecule has 1 aliphatic carbocycles. The van der Waals surface area contributed by atoms with Gasteiger partial charge < -0.3 is 9.45 Å². The van der Waals surface area contributed by atoms with Crippen molar-refractivity contribution in [2.24, 2.45) is 11.3 Å². The fraction of sp³-hybridized carbons (Fsp3) is 0.722. The number of hydrogen-bond acceptors (Lipinski definition) is 6. The minimum atomic E-state index is -1.18. The summed E-state index contributed by atoms with van der Waals surface area (Å²) in [5, 5.41) is 0. The predicted octanol–water partition coefficient (Wildman–Crippen LogP) is 2.86. The molecular formula is C18H27BrN4O2S. The number of Topliss-reactive ketones (excluding diaryl/α,β-unsaturated/α-hetero) is 1. The molecule has 3 rings (SSSR count). The number of nitrogens with zero attached hydrogens (tertiary/aromatic N) is 3. The molecule has 0 bridgehead atoms. The van der Waals surface area contributed by atoms with Crippen LogP contribution in [-0.4, -0.2) is 44.2 Å². The molecule has 2 aliphatic rings. The Labute approximate surface area is 167 Å². The molecule has 0 amide bonds. The lowest BCUT2D eigenvalue weighted by atomic mass is 9.73. The van der Waals surface area contributed by atoms with Crippen molar-refractivity contribution in [1.82, 2.24) is 14.7 Å². The van der Waals surface area contributed by atoms with Gasteiger partial charge in [-0.25, -0.2) is 9.97 Å². The highest BCUT2D eigenvalue weighted by Crippen LogP contribution is 2.48. The highest BCUT2D eigenvalue weighted by Gasteiger charge is 2.54. The first-order valence-corrected chi connectivity index (χ1v) is 11.0. The predicted molar refractivity (Wildman–Crippen MR) is 107 cm³/mol. The summed E-state index contributed by atoms with van der Waals surface area (Å²) in [7, 11) is 0. The van der Waals surface area contributed by atoms with Crippen molar-refractivity contribution in [1.29, 1.82) is 0 Å². The standard InChI is InChI=1S/C18H27BrN4O2S/c1-12-13(24)9-18(16(12)22-26(25)17(2,3)4)5-7-23(8-6-18)15-11-20-14(19)10-21-15/h10-12,16,22H,5-9H2,1-4H3/t12-,16+,26?/m1/s1. The molecule has 0 aromatic carbocycles. The first-order valence-electron chi connectivity index (χ1n) is 9.06. The molecule has 1 saturated carbocycles. The fourth-order valence-electron chi connectivity index (χ4n) is 3.99. The summed E-state index contributed by atoms with van der Waals surface area (Å²) in [5.41, 5.74) is -0.114. The summed E-state index contributed by atoms with van der Waals surface area (Å²) in [6.07, 6.45) is 5.83. The fourth-order valence-corrected chi connectivity index (χ4v) is 5.23. The SMILES string of the molecule is C[C@@H]1C(=O)CC2(CCN(c3cnc(Br)cn3)CC2)[C@H]1N[S+]([O-])C(C)(C)C. The zero-order valence-electron chi connectivity index (χ0n) is 15.8. The quantitative estimate of drug-likeness (QED) is 0.724. The van der Waals surface area contributed by atoms with Crippen molar-refractivity contribution in [2.45, 2.75) is 57.7 Å². The van der Waals surface area contributed by atoms with Crippen LogP contribution < -0.4 is 9.62 Å². The molecule has 6 nitrogen and oxygen atoms in total. The van der Waals surface area contributed by atoms with E-state index in [1.807, 2.05) is 27.7 Å². The number of piperidine rings is 1. The second kappa shape index (κ2) is 7.37. The molecule has 3 atom stereocenters. The Bertz CT molecular complexity index is 656. The maximum absolute atomic E-state index is 12.7. The molecule has 144 valence electrons. The first-order chi connectivity index (χ1) is 12.1. The number of anilines is 1.